The van der Waals surface area contributed by atoms with Crippen LogP contribution in [0.25, 0.3) is 11.6 Å². The van der Waals surface area contributed by atoms with Gasteiger partial charge in [-0.2, -0.15) is 0 Å². The molecule has 112 valence electrons. The highest BCUT2D eigenvalue weighted by molar-refractivity contribution is 6.36. The first kappa shape index (κ1) is 14.7. The van der Waals surface area contributed by atoms with Gasteiger partial charge in [0.15, 0.2) is 11.6 Å². The minimum absolute atomic E-state index is 0.0778. The number of fused-ring (bicyclic) bond motifs is 3. The number of benzene rings is 1. The molecule has 1 aromatic carbocycles. The molecule has 0 saturated heterocycles. The Labute approximate surface area is 129 Å². The molecule has 3 heteroatoms. The zero-order valence-electron chi connectivity index (χ0n) is 12.7. The molecule has 0 atom stereocenters. The smallest absolute Gasteiger partial charge is 0.198 e. The summed E-state index contributed by atoms with van der Waals surface area (Å²) >= 11 is 0. The molecule has 0 heterocycles. The number of ketones is 2. The molecular weight excluding hydrogens is 276 g/mol. The lowest BCUT2D eigenvalue weighted by atomic mass is 9.81. The molecule has 2 aliphatic carbocycles. The summed E-state index contributed by atoms with van der Waals surface area (Å²) in [5.41, 5.74) is 2.01. The molecule has 0 unspecified atom stereocenters. The Morgan fingerprint density at radius 2 is 1.77 bits per heavy atom. The first-order valence-electron chi connectivity index (χ1n) is 7.57. The predicted molar refractivity (Wildman–Crippen MR) is 86.0 cm³/mol. The molecule has 0 radical (unpaired) electrons. The Hall–Kier alpha value is -2.26. The molecular formula is C19H18O3. The number of Topliss-reactive ketones (excluding diaryl/α,β-unsaturated/α-hetero) is 2. The number of rotatable bonds is 4. The molecule has 0 amide bonds. The quantitative estimate of drug-likeness (QED) is 0.868. The van der Waals surface area contributed by atoms with E-state index in [4.69, 9.17) is 0 Å². The molecule has 2 aliphatic rings. The third kappa shape index (κ3) is 2.01. The SMILES string of the molecule is CCC(O)(CC)C(=O)C1=CC=C2C(=Cc3ccccc32)C1=O. The van der Waals surface area contributed by atoms with Crippen LogP contribution in [-0.4, -0.2) is 22.3 Å². The standard InChI is InChI=1S/C19H18O3/c1-3-19(22,4-2)18(21)15-10-9-14-13-8-6-5-7-12(13)11-16(14)17(15)20/h5-11,22H,3-4H2,1-2H3. The van der Waals surface area contributed by atoms with Crippen molar-refractivity contribution < 1.29 is 14.7 Å². The van der Waals surface area contributed by atoms with Crippen LogP contribution in [-0.2, 0) is 9.59 Å². The molecule has 1 aromatic rings. The summed E-state index contributed by atoms with van der Waals surface area (Å²) in [6.07, 6.45) is 5.76. The van der Waals surface area contributed by atoms with Crippen LogP contribution in [0.3, 0.4) is 0 Å². The van der Waals surface area contributed by atoms with Crippen molar-refractivity contribution in [3.63, 3.8) is 0 Å². The molecule has 1 N–H and O–H groups in total. The fourth-order valence-corrected chi connectivity index (χ4v) is 3.00. The molecule has 0 bridgehead atoms. The first-order valence-corrected chi connectivity index (χ1v) is 7.57. The van der Waals surface area contributed by atoms with E-state index in [2.05, 4.69) is 0 Å². The van der Waals surface area contributed by atoms with Crippen LogP contribution in [0.1, 0.15) is 37.8 Å². The predicted octanol–water partition coefficient (Wildman–Crippen LogP) is 3.10. The minimum atomic E-state index is -1.46. The van der Waals surface area contributed by atoms with E-state index in [1.807, 2.05) is 30.3 Å². The molecule has 0 saturated carbocycles. The Morgan fingerprint density at radius 3 is 2.45 bits per heavy atom. The molecule has 0 spiro atoms. The highest BCUT2D eigenvalue weighted by Gasteiger charge is 2.39. The third-order valence-electron chi connectivity index (χ3n) is 4.58. The van der Waals surface area contributed by atoms with Crippen molar-refractivity contribution in [2.24, 2.45) is 0 Å². The van der Waals surface area contributed by atoms with E-state index in [1.165, 1.54) is 0 Å². The summed E-state index contributed by atoms with van der Waals surface area (Å²) in [6, 6.07) is 7.76. The van der Waals surface area contributed by atoms with Crippen LogP contribution >= 0.6 is 0 Å². The van der Waals surface area contributed by atoms with Crippen molar-refractivity contribution in [2.75, 3.05) is 0 Å². The van der Waals surface area contributed by atoms with Crippen LogP contribution in [0.2, 0.25) is 0 Å². The molecule has 3 rings (SSSR count). The second kappa shape index (κ2) is 5.18. The van der Waals surface area contributed by atoms with Gasteiger partial charge in [0.25, 0.3) is 0 Å². The van der Waals surface area contributed by atoms with Crippen LogP contribution < -0.4 is 0 Å². The summed E-state index contributed by atoms with van der Waals surface area (Å²) in [5.74, 6) is -0.770. The second-order valence-electron chi connectivity index (χ2n) is 5.70. The number of aliphatic hydroxyl groups is 1. The van der Waals surface area contributed by atoms with Crippen molar-refractivity contribution in [1.29, 1.82) is 0 Å². The van der Waals surface area contributed by atoms with Crippen LogP contribution in [0.5, 0.6) is 0 Å². The minimum Gasteiger partial charge on any atom is -0.382 e. The second-order valence-corrected chi connectivity index (χ2v) is 5.70. The van der Waals surface area contributed by atoms with Gasteiger partial charge in [0, 0.05) is 5.57 Å². The zero-order valence-corrected chi connectivity index (χ0v) is 12.7. The Morgan fingerprint density at radius 1 is 1.09 bits per heavy atom. The zero-order chi connectivity index (χ0) is 15.9. The molecule has 0 aliphatic heterocycles. The lowest BCUT2D eigenvalue weighted by molar-refractivity contribution is -0.135. The number of allylic oxidation sites excluding steroid dienone is 4. The van der Waals surface area contributed by atoms with E-state index in [-0.39, 0.29) is 11.4 Å². The van der Waals surface area contributed by atoms with Crippen LogP contribution in [0.15, 0.2) is 47.6 Å². The summed E-state index contributed by atoms with van der Waals surface area (Å²) in [5, 5.41) is 10.4. The van der Waals surface area contributed by atoms with Gasteiger partial charge in [-0.25, -0.2) is 0 Å². The van der Waals surface area contributed by atoms with Crippen molar-refractivity contribution in [3.05, 3.63) is 58.7 Å². The maximum atomic E-state index is 12.7. The van der Waals surface area contributed by atoms with Gasteiger partial charge in [-0.05, 0) is 41.7 Å². The first-order chi connectivity index (χ1) is 10.5. The summed E-state index contributed by atoms with van der Waals surface area (Å²) in [7, 11) is 0. The maximum Gasteiger partial charge on any atom is 0.198 e. The Kier molecular flexibility index (Phi) is 3.45. The highest BCUT2D eigenvalue weighted by atomic mass is 16.3. The topological polar surface area (TPSA) is 54.4 Å². The number of carbonyl (C=O) groups excluding carboxylic acids is 2. The summed E-state index contributed by atoms with van der Waals surface area (Å²) in [4.78, 5) is 25.2. The average Bonchev–Trinajstić information content (AvgIpc) is 2.93. The molecule has 0 aromatic heterocycles. The van der Waals surface area contributed by atoms with Gasteiger partial charge in [-0.1, -0.05) is 44.2 Å². The fraction of sp³-hybridized carbons (Fsp3) is 0.263. The maximum absolute atomic E-state index is 12.7. The van der Waals surface area contributed by atoms with E-state index in [1.54, 1.807) is 26.0 Å². The molecule has 0 fully saturated rings. The largest absolute Gasteiger partial charge is 0.382 e. The van der Waals surface area contributed by atoms with E-state index in [9.17, 15) is 14.7 Å². The van der Waals surface area contributed by atoms with E-state index in [0.29, 0.717) is 18.4 Å². The van der Waals surface area contributed by atoms with Gasteiger partial charge in [0.1, 0.15) is 5.60 Å². The van der Waals surface area contributed by atoms with E-state index in [0.717, 1.165) is 16.7 Å². The molecule has 3 nitrogen and oxygen atoms in total. The Balaban J connectivity index is 2.03. The normalized spacial score (nSPS) is 16.5. The Bertz CT molecular complexity index is 759. The van der Waals surface area contributed by atoms with Gasteiger partial charge >= 0.3 is 0 Å². The van der Waals surface area contributed by atoms with Gasteiger partial charge in [-0.15, -0.1) is 0 Å². The van der Waals surface area contributed by atoms with Crippen LogP contribution in [0.4, 0.5) is 0 Å². The van der Waals surface area contributed by atoms with Gasteiger partial charge in [0.05, 0.1) is 5.57 Å². The van der Waals surface area contributed by atoms with Gasteiger partial charge < -0.3 is 5.11 Å². The van der Waals surface area contributed by atoms with Crippen molar-refractivity contribution >= 4 is 23.2 Å². The lowest BCUT2D eigenvalue weighted by Crippen LogP contribution is -2.40. The number of hydrogen-bond acceptors (Lipinski definition) is 3. The van der Waals surface area contributed by atoms with Crippen molar-refractivity contribution in [1.82, 2.24) is 0 Å². The van der Waals surface area contributed by atoms with Gasteiger partial charge in [0.2, 0.25) is 0 Å². The van der Waals surface area contributed by atoms with Crippen molar-refractivity contribution in [2.45, 2.75) is 32.3 Å². The average molecular weight is 294 g/mol. The van der Waals surface area contributed by atoms with E-state index < -0.39 is 11.4 Å². The van der Waals surface area contributed by atoms with Gasteiger partial charge in [-0.3, -0.25) is 9.59 Å². The number of carbonyl (C=O) groups is 2. The van der Waals surface area contributed by atoms with E-state index >= 15 is 0 Å². The number of hydrogen-bond donors (Lipinski definition) is 1. The summed E-state index contributed by atoms with van der Waals surface area (Å²) < 4.78 is 0. The van der Waals surface area contributed by atoms with Crippen molar-refractivity contribution in [3.8, 4) is 0 Å². The monoisotopic (exact) mass is 294 g/mol. The lowest BCUT2D eigenvalue weighted by Gasteiger charge is -2.25. The fourth-order valence-electron chi connectivity index (χ4n) is 3.00. The molecule has 22 heavy (non-hydrogen) atoms. The summed E-state index contributed by atoms with van der Waals surface area (Å²) in [6.45, 7) is 3.50. The highest BCUT2D eigenvalue weighted by Crippen LogP contribution is 2.40. The third-order valence-corrected chi connectivity index (χ3v) is 4.58. The van der Waals surface area contributed by atoms with Crippen LogP contribution in [0, 0.1) is 0 Å².